The average molecular weight is 423 g/mol. The van der Waals surface area contributed by atoms with Gasteiger partial charge in [0.15, 0.2) is 5.96 Å². The quantitative estimate of drug-likeness (QED) is 0.491. The van der Waals surface area contributed by atoms with Crippen molar-refractivity contribution in [1.82, 2.24) is 15.5 Å². The van der Waals surface area contributed by atoms with E-state index in [1.54, 1.807) is 13.1 Å². The van der Waals surface area contributed by atoms with E-state index in [2.05, 4.69) is 32.2 Å². The lowest BCUT2D eigenvalue weighted by molar-refractivity contribution is -0.0504. The molecule has 9 heteroatoms. The van der Waals surface area contributed by atoms with Gasteiger partial charge in [0.1, 0.15) is 5.75 Å². The van der Waals surface area contributed by atoms with Gasteiger partial charge >= 0.3 is 6.61 Å². The van der Waals surface area contributed by atoms with E-state index in [4.69, 9.17) is 23.2 Å². The number of benzene rings is 1. The first-order valence-corrected chi connectivity index (χ1v) is 9.78. The summed E-state index contributed by atoms with van der Waals surface area (Å²) in [5, 5.41) is 6.78. The summed E-state index contributed by atoms with van der Waals surface area (Å²) < 4.78 is 29.8. The van der Waals surface area contributed by atoms with Crippen LogP contribution in [-0.4, -0.2) is 50.7 Å². The topological polar surface area (TPSA) is 48.9 Å². The number of nitrogens with one attached hydrogen (secondary N) is 2. The molecule has 1 saturated heterocycles. The second kappa shape index (κ2) is 10.9. The van der Waals surface area contributed by atoms with Gasteiger partial charge in [-0.3, -0.25) is 4.99 Å². The minimum Gasteiger partial charge on any atom is -0.433 e. The predicted octanol–water partition coefficient (Wildman–Crippen LogP) is 3.99. The Kier molecular flexibility index (Phi) is 8.86. The monoisotopic (exact) mass is 422 g/mol. The third-order valence-electron chi connectivity index (χ3n) is 4.43. The molecule has 5 nitrogen and oxygen atoms in total. The average Bonchev–Trinajstić information content (AvgIpc) is 3.05. The highest BCUT2D eigenvalue weighted by atomic mass is 35.5. The van der Waals surface area contributed by atoms with Crippen LogP contribution in [0.15, 0.2) is 17.1 Å². The SMILES string of the molecule is CCCN1CCC(CNC(=NC)NCc2cc(Cl)cc(Cl)c2OC(F)F)C1. The molecule has 1 fully saturated rings. The molecule has 1 aromatic carbocycles. The fourth-order valence-corrected chi connectivity index (χ4v) is 3.79. The number of nitrogens with zero attached hydrogens (tertiary/aromatic N) is 2. The van der Waals surface area contributed by atoms with Gasteiger partial charge in [-0.15, -0.1) is 0 Å². The number of hydrogen-bond donors (Lipinski definition) is 2. The van der Waals surface area contributed by atoms with E-state index in [-0.39, 0.29) is 17.3 Å². The van der Waals surface area contributed by atoms with Crippen molar-refractivity contribution in [2.24, 2.45) is 10.9 Å². The van der Waals surface area contributed by atoms with Crippen molar-refractivity contribution in [3.05, 3.63) is 27.7 Å². The molecule has 1 atom stereocenters. The summed E-state index contributed by atoms with van der Waals surface area (Å²) in [4.78, 5) is 6.64. The Morgan fingerprint density at radius 1 is 1.37 bits per heavy atom. The third-order valence-corrected chi connectivity index (χ3v) is 4.93. The van der Waals surface area contributed by atoms with Crippen molar-refractivity contribution in [2.45, 2.75) is 32.9 Å². The van der Waals surface area contributed by atoms with E-state index in [9.17, 15) is 8.78 Å². The molecular weight excluding hydrogens is 397 g/mol. The number of rotatable bonds is 8. The lowest BCUT2D eigenvalue weighted by atomic mass is 10.1. The zero-order chi connectivity index (χ0) is 19.8. The molecule has 2 rings (SSSR count). The zero-order valence-corrected chi connectivity index (χ0v) is 17.1. The molecule has 1 aliphatic rings. The predicted molar refractivity (Wildman–Crippen MR) is 106 cm³/mol. The van der Waals surface area contributed by atoms with Crippen LogP contribution in [-0.2, 0) is 6.54 Å². The van der Waals surface area contributed by atoms with Crippen molar-refractivity contribution in [3.8, 4) is 5.75 Å². The summed E-state index contributed by atoms with van der Waals surface area (Å²) in [5.41, 5.74) is 0.436. The van der Waals surface area contributed by atoms with Crippen LogP contribution < -0.4 is 15.4 Å². The Bertz CT molecular complexity index is 646. The first-order valence-electron chi connectivity index (χ1n) is 9.02. The lowest BCUT2D eigenvalue weighted by Crippen LogP contribution is -2.40. The van der Waals surface area contributed by atoms with Crippen LogP contribution in [0.4, 0.5) is 8.78 Å². The smallest absolute Gasteiger partial charge is 0.387 e. The molecule has 152 valence electrons. The van der Waals surface area contributed by atoms with Crippen LogP contribution in [0.3, 0.4) is 0 Å². The number of halogens is 4. The molecule has 1 unspecified atom stereocenters. The van der Waals surface area contributed by atoms with Gasteiger partial charge in [0.2, 0.25) is 0 Å². The van der Waals surface area contributed by atoms with Gasteiger partial charge in [0.25, 0.3) is 0 Å². The zero-order valence-electron chi connectivity index (χ0n) is 15.6. The van der Waals surface area contributed by atoms with Crippen LogP contribution in [0.1, 0.15) is 25.3 Å². The maximum Gasteiger partial charge on any atom is 0.387 e. The van der Waals surface area contributed by atoms with Gasteiger partial charge in [0, 0.05) is 37.3 Å². The second-order valence-electron chi connectivity index (χ2n) is 6.52. The number of hydrogen-bond acceptors (Lipinski definition) is 3. The summed E-state index contributed by atoms with van der Waals surface area (Å²) in [5.74, 6) is 1.07. The number of likely N-dealkylation sites (tertiary alicyclic amines) is 1. The minimum absolute atomic E-state index is 0.0458. The van der Waals surface area contributed by atoms with E-state index in [1.165, 1.54) is 6.07 Å². The molecule has 1 aromatic rings. The molecule has 1 heterocycles. The Balaban J connectivity index is 1.90. The maximum atomic E-state index is 12.7. The van der Waals surface area contributed by atoms with E-state index >= 15 is 0 Å². The molecule has 0 saturated carbocycles. The number of ether oxygens (including phenoxy) is 1. The van der Waals surface area contributed by atoms with E-state index in [0.29, 0.717) is 22.5 Å². The van der Waals surface area contributed by atoms with Gasteiger partial charge in [-0.1, -0.05) is 30.1 Å². The largest absolute Gasteiger partial charge is 0.433 e. The molecule has 2 N–H and O–H groups in total. The lowest BCUT2D eigenvalue weighted by Gasteiger charge is -2.18. The van der Waals surface area contributed by atoms with Gasteiger partial charge in [-0.05, 0) is 44.0 Å². The van der Waals surface area contributed by atoms with Gasteiger partial charge in [-0.2, -0.15) is 8.78 Å². The van der Waals surface area contributed by atoms with Crippen LogP contribution in [0.25, 0.3) is 0 Å². The highest BCUT2D eigenvalue weighted by molar-refractivity contribution is 6.35. The van der Waals surface area contributed by atoms with Crippen molar-refractivity contribution in [1.29, 1.82) is 0 Å². The highest BCUT2D eigenvalue weighted by Crippen LogP contribution is 2.33. The van der Waals surface area contributed by atoms with Gasteiger partial charge in [-0.25, -0.2) is 0 Å². The van der Waals surface area contributed by atoms with Crippen molar-refractivity contribution in [3.63, 3.8) is 0 Å². The molecule has 1 aliphatic heterocycles. The van der Waals surface area contributed by atoms with E-state index in [1.807, 2.05) is 0 Å². The van der Waals surface area contributed by atoms with Gasteiger partial charge in [0.05, 0.1) is 5.02 Å². The molecule has 0 amide bonds. The second-order valence-corrected chi connectivity index (χ2v) is 7.36. The fourth-order valence-electron chi connectivity index (χ4n) is 3.21. The molecule has 0 aliphatic carbocycles. The molecule has 27 heavy (non-hydrogen) atoms. The minimum atomic E-state index is -2.96. The van der Waals surface area contributed by atoms with E-state index < -0.39 is 6.61 Å². The third kappa shape index (κ3) is 6.97. The Morgan fingerprint density at radius 3 is 2.81 bits per heavy atom. The van der Waals surface area contributed by atoms with E-state index in [0.717, 1.165) is 39.0 Å². The van der Waals surface area contributed by atoms with Crippen LogP contribution in [0.2, 0.25) is 10.0 Å². The summed E-state index contributed by atoms with van der Waals surface area (Å²) in [7, 11) is 1.66. The molecule has 0 spiro atoms. The van der Waals surface area contributed by atoms with Gasteiger partial charge < -0.3 is 20.3 Å². The summed E-state index contributed by atoms with van der Waals surface area (Å²) in [6.45, 7) is 3.56. The molecule has 0 bridgehead atoms. The number of aliphatic imine (C=N–C) groups is 1. The standard InChI is InChI=1S/C18H26Cl2F2N4O/c1-3-5-26-6-4-12(11-26)9-24-18(23-2)25-10-13-7-14(19)8-15(20)16(13)27-17(21)22/h7-8,12,17H,3-6,9-11H2,1-2H3,(H2,23,24,25). The first kappa shape index (κ1) is 22.0. The Hall–Kier alpha value is -1.31. The van der Waals surface area contributed by atoms with Crippen LogP contribution in [0, 0.1) is 5.92 Å². The summed E-state index contributed by atoms with van der Waals surface area (Å²) >= 11 is 12.0. The maximum absolute atomic E-state index is 12.7. The normalized spacial score (nSPS) is 18.2. The van der Waals surface area contributed by atoms with Crippen LogP contribution >= 0.6 is 23.2 Å². The Labute approximate surface area is 169 Å². The molecule has 0 aromatic heterocycles. The summed E-state index contributed by atoms with van der Waals surface area (Å²) in [6, 6.07) is 2.92. The highest BCUT2D eigenvalue weighted by Gasteiger charge is 2.22. The van der Waals surface area contributed by atoms with Crippen molar-refractivity contribution in [2.75, 3.05) is 33.2 Å². The number of guanidine groups is 1. The molecular formula is C18H26Cl2F2N4O. The van der Waals surface area contributed by atoms with Crippen molar-refractivity contribution < 1.29 is 13.5 Å². The summed E-state index contributed by atoms with van der Waals surface area (Å²) in [6.07, 6.45) is 2.31. The Morgan fingerprint density at radius 2 is 2.15 bits per heavy atom. The number of alkyl halides is 2. The first-order chi connectivity index (χ1) is 12.9. The fraction of sp³-hybridized carbons (Fsp3) is 0.611. The molecule has 0 radical (unpaired) electrons. The van der Waals surface area contributed by atoms with Crippen molar-refractivity contribution >= 4 is 29.2 Å². The van der Waals surface area contributed by atoms with Crippen LogP contribution in [0.5, 0.6) is 5.75 Å².